The molecule has 3 rings (SSSR count). The maximum Gasteiger partial charge on any atom is 0.230 e. The Morgan fingerprint density at radius 1 is 1.27 bits per heavy atom. The van der Waals surface area contributed by atoms with Gasteiger partial charge < -0.3 is 10.4 Å². The van der Waals surface area contributed by atoms with Crippen molar-refractivity contribution in [3.8, 4) is 0 Å². The molecule has 2 bridgehead atoms. The summed E-state index contributed by atoms with van der Waals surface area (Å²) < 4.78 is 0. The lowest BCUT2D eigenvalue weighted by molar-refractivity contribution is -0.127. The van der Waals surface area contributed by atoms with Crippen molar-refractivity contribution >= 4 is 17.5 Å². The number of hydrogen-bond donors (Lipinski definition) is 2. The number of fused-ring (bicyclic) bond motifs is 2. The molecular weight excluding hydrogens is 298 g/mol. The molecule has 2 aliphatic carbocycles. The number of carbonyl (C=O) groups excluding carboxylic acids is 1. The molecule has 0 radical (unpaired) electrons. The van der Waals surface area contributed by atoms with Gasteiger partial charge in [0.2, 0.25) is 5.91 Å². The van der Waals surface area contributed by atoms with Crippen molar-refractivity contribution in [2.45, 2.75) is 44.6 Å². The summed E-state index contributed by atoms with van der Waals surface area (Å²) >= 11 is 5.93. The molecule has 0 heterocycles. The van der Waals surface area contributed by atoms with Crippen LogP contribution in [0.25, 0.3) is 0 Å². The first kappa shape index (κ1) is 15.8. The van der Waals surface area contributed by atoms with Gasteiger partial charge in [-0.15, -0.1) is 0 Å². The monoisotopic (exact) mass is 321 g/mol. The van der Waals surface area contributed by atoms with Gasteiger partial charge in [-0.25, -0.2) is 0 Å². The smallest absolute Gasteiger partial charge is 0.230 e. The van der Waals surface area contributed by atoms with Gasteiger partial charge in [-0.1, -0.05) is 23.7 Å². The van der Waals surface area contributed by atoms with E-state index in [1.165, 1.54) is 12.8 Å². The van der Waals surface area contributed by atoms with E-state index in [0.29, 0.717) is 16.9 Å². The van der Waals surface area contributed by atoms with Crippen molar-refractivity contribution in [2.24, 2.45) is 17.8 Å². The Kier molecular flexibility index (Phi) is 4.21. The zero-order valence-corrected chi connectivity index (χ0v) is 13.9. The van der Waals surface area contributed by atoms with Crippen LogP contribution >= 0.6 is 11.6 Å². The fourth-order valence-corrected chi connectivity index (χ4v) is 4.35. The first-order valence-electron chi connectivity index (χ1n) is 8.11. The SMILES string of the molecule is CC(C)(C(=O)NC1C2CCC(C2)C1CO)c1ccc(Cl)cc1. The van der Waals surface area contributed by atoms with Gasteiger partial charge in [0, 0.05) is 23.6 Å². The lowest BCUT2D eigenvalue weighted by Crippen LogP contribution is -2.50. The van der Waals surface area contributed by atoms with E-state index in [1.807, 2.05) is 38.1 Å². The van der Waals surface area contributed by atoms with Crippen molar-refractivity contribution < 1.29 is 9.90 Å². The van der Waals surface area contributed by atoms with Crippen LogP contribution in [-0.2, 0) is 10.2 Å². The number of aliphatic hydroxyl groups excluding tert-OH is 1. The molecule has 0 saturated heterocycles. The van der Waals surface area contributed by atoms with Gasteiger partial charge in [0.05, 0.1) is 5.41 Å². The quantitative estimate of drug-likeness (QED) is 0.895. The molecule has 4 heteroatoms. The zero-order valence-electron chi connectivity index (χ0n) is 13.2. The molecular formula is C18H24ClNO2. The molecule has 120 valence electrons. The maximum absolute atomic E-state index is 12.8. The number of halogens is 1. The Morgan fingerprint density at radius 2 is 1.91 bits per heavy atom. The summed E-state index contributed by atoms with van der Waals surface area (Å²) in [6, 6.07) is 7.58. The molecule has 0 aliphatic heterocycles. The Labute approximate surface area is 137 Å². The molecule has 2 fully saturated rings. The highest BCUT2D eigenvalue weighted by Crippen LogP contribution is 2.48. The molecule has 2 saturated carbocycles. The van der Waals surface area contributed by atoms with E-state index in [0.717, 1.165) is 12.0 Å². The predicted molar refractivity (Wildman–Crippen MR) is 87.8 cm³/mol. The van der Waals surface area contributed by atoms with E-state index in [1.54, 1.807) is 0 Å². The summed E-state index contributed by atoms with van der Waals surface area (Å²) in [5.41, 5.74) is 0.352. The molecule has 22 heavy (non-hydrogen) atoms. The first-order chi connectivity index (χ1) is 10.4. The molecule has 3 nitrogen and oxygen atoms in total. The standard InChI is InChI=1S/C18H24ClNO2/c1-18(2,13-5-7-14(19)8-6-13)17(22)20-16-12-4-3-11(9-12)15(16)10-21/h5-8,11-12,15-16,21H,3-4,9-10H2,1-2H3,(H,20,22). The lowest BCUT2D eigenvalue weighted by Gasteiger charge is -2.34. The van der Waals surface area contributed by atoms with E-state index in [9.17, 15) is 9.90 Å². The molecule has 4 atom stereocenters. The minimum Gasteiger partial charge on any atom is -0.396 e. The van der Waals surface area contributed by atoms with Gasteiger partial charge in [-0.3, -0.25) is 4.79 Å². The maximum atomic E-state index is 12.8. The summed E-state index contributed by atoms with van der Waals surface area (Å²) in [7, 11) is 0. The summed E-state index contributed by atoms with van der Waals surface area (Å²) in [5, 5.41) is 13.6. The number of aliphatic hydroxyl groups is 1. The molecule has 1 amide bonds. The fraction of sp³-hybridized carbons (Fsp3) is 0.611. The minimum atomic E-state index is -0.605. The minimum absolute atomic E-state index is 0.0332. The van der Waals surface area contributed by atoms with Gasteiger partial charge in [0.25, 0.3) is 0 Å². The van der Waals surface area contributed by atoms with E-state index in [4.69, 9.17) is 11.6 Å². The Hall–Kier alpha value is -1.06. The number of hydrogen-bond acceptors (Lipinski definition) is 2. The summed E-state index contributed by atoms with van der Waals surface area (Å²) in [6.07, 6.45) is 3.52. The molecule has 2 aliphatic rings. The molecule has 1 aromatic rings. The summed E-state index contributed by atoms with van der Waals surface area (Å²) in [5.74, 6) is 1.38. The van der Waals surface area contributed by atoms with Crippen LogP contribution in [0.1, 0.15) is 38.7 Å². The predicted octanol–water partition coefficient (Wildman–Crippen LogP) is 3.14. The first-order valence-corrected chi connectivity index (χ1v) is 8.49. The highest BCUT2D eigenvalue weighted by Gasteiger charge is 2.48. The highest BCUT2D eigenvalue weighted by atomic mass is 35.5. The Bertz CT molecular complexity index is 555. The van der Waals surface area contributed by atoms with Crippen LogP contribution in [0, 0.1) is 17.8 Å². The largest absolute Gasteiger partial charge is 0.396 e. The average Bonchev–Trinajstić information content (AvgIpc) is 3.08. The van der Waals surface area contributed by atoms with Crippen molar-refractivity contribution in [1.82, 2.24) is 5.32 Å². The van der Waals surface area contributed by atoms with E-state index in [-0.39, 0.29) is 24.5 Å². The van der Waals surface area contributed by atoms with E-state index in [2.05, 4.69) is 5.32 Å². The fourth-order valence-electron chi connectivity index (χ4n) is 4.23. The van der Waals surface area contributed by atoms with E-state index >= 15 is 0 Å². The Balaban J connectivity index is 1.74. The molecule has 1 aromatic carbocycles. The van der Waals surface area contributed by atoms with Gasteiger partial charge in [-0.2, -0.15) is 0 Å². The van der Waals surface area contributed by atoms with Gasteiger partial charge in [-0.05, 0) is 62.6 Å². The van der Waals surface area contributed by atoms with Crippen molar-refractivity contribution in [3.63, 3.8) is 0 Å². The van der Waals surface area contributed by atoms with Crippen molar-refractivity contribution in [2.75, 3.05) is 6.61 Å². The number of rotatable bonds is 4. The van der Waals surface area contributed by atoms with Crippen molar-refractivity contribution in [1.29, 1.82) is 0 Å². The number of benzene rings is 1. The third-order valence-electron chi connectivity index (χ3n) is 5.73. The highest BCUT2D eigenvalue weighted by molar-refractivity contribution is 6.30. The number of carbonyl (C=O) groups is 1. The molecule has 2 N–H and O–H groups in total. The number of amides is 1. The topological polar surface area (TPSA) is 49.3 Å². The third-order valence-corrected chi connectivity index (χ3v) is 5.98. The second-order valence-electron chi connectivity index (χ2n) is 7.31. The van der Waals surface area contributed by atoms with Crippen LogP contribution in [0.4, 0.5) is 0 Å². The molecule has 0 spiro atoms. The van der Waals surface area contributed by atoms with Crippen LogP contribution in [0.3, 0.4) is 0 Å². The van der Waals surface area contributed by atoms with Gasteiger partial charge in [0.15, 0.2) is 0 Å². The van der Waals surface area contributed by atoms with Crippen molar-refractivity contribution in [3.05, 3.63) is 34.9 Å². The van der Waals surface area contributed by atoms with Gasteiger partial charge >= 0.3 is 0 Å². The van der Waals surface area contributed by atoms with Gasteiger partial charge in [0.1, 0.15) is 0 Å². The molecule has 0 aromatic heterocycles. The lowest BCUT2D eigenvalue weighted by atomic mass is 9.81. The van der Waals surface area contributed by atoms with Crippen LogP contribution in [0.15, 0.2) is 24.3 Å². The zero-order chi connectivity index (χ0) is 15.9. The third kappa shape index (κ3) is 2.65. The number of nitrogens with one attached hydrogen (secondary N) is 1. The van der Waals surface area contributed by atoms with Crippen LogP contribution in [0.5, 0.6) is 0 Å². The second kappa shape index (κ2) is 5.86. The van der Waals surface area contributed by atoms with Crippen LogP contribution in [-0.4, -0.2) is 23.7 Å². The normalized spacial score (nSPS) is 30.5. The second-order valence-corrected chi connectivity index (χ2v) is 7.75. The summed E-state index contributed by atoms with van der Waals surface area (Å²) in [4.78, 5) is 12.8. The average molecular weight is 322 g/mol. The van der Waals surface area contributed by atoms with Crippen LogP contribution in [0.2, 0.25) is 5.02 Å². The van der Waals surface area contributed by atoms with Crippen LogP contribution < -0.4 is 5.32 Å². The Morgan fingerprint density at radius 3 is 2.55 bits per heavy atom. The van der Waals surface area contributed by atoms with E-state index < -0.39 is 5.41 Å². The molecule has 4 unspecified atom stereocenters. The summed E-state index contributed by atoms with van der Waals surface area (Å²) in [6.45, 7) is 4.05.